The molecular weight excluding hydrogens is 204 g/mol. The van der Waals surface area contributed by atoms with E-state index in [9.17, 15) is 0 Å². The van der Waals surface area contributed by atoms with Crippen LogP contribution in [0.3, 0.4) is 0 Å². The number of anilines is 1. The molecule has 5 heteroatoms. The summed E-state index contributed by atoms with van der Waals surface area (Å²) in [6.45, 7) is 3.79. The van der Waals surface area contributed by atoms with Crippen molar-refractivity contribution >= 4 is 11.7 Å². The van der Waals surface area contributed by atoms with E-state index in [4.69, 9.17) is 16.2 Å². The lowest BCUT2D eigenvalue weighted by atomic mass is 10.2. The van der Waals surface area contributed by atoms with Crippen molar-refractivity contribution in [2.45, 2.75) is 19.9 Å². The van der Waals surface area contributed by atoms with Crippen LogP contribution in [0.1, 0.15) is 18.2 Å². The Morgan fingerprint density at radius 1 is 1.62 bits per heavy atom. The lowest BCUT2D eigenvalue weighted by molar-refractivity contribution is 0.269. The number of pyridine rings is 1. The lowest BCUT2D eigenvalue weighted by Gasteiger charge is -2.26. The fraction of sp³-hybridized carbons (Fsp3) is 0.455. The van der Waals surface area contributed by atoms with Crippen LogP contribution < -0.4 is 10.6 Å². The predicted molar refractivity (Wildman–Crippen MR) is 64.9 cm³/mol. The van der Waals surface area contributed by atoms with Gasteiger partial charge in [-0.1, -0.05) is 0 Å². The zero-order valence-electron chi connectivity index (χ0n) is 9.86. The molecule has 0 aliphatic carbocycles. The SMILES string of the molecule is Cc1ccc(C(=N)N)c(N(C)C(C)CO)n1. The zero-order valence-corrected chi connectivity index (χ0v) is 9.86. The van der Waals surface area contributed by atoms with Crippen molar-refractivity contribution in [2.24, 2.45) is 5.73 Å². The second-order valence-corrected chi connectivity index (χ2v) is 3.88. The second kappa shape index (κ2) is 4.94. The molecule has 1 aromatic heterocycles. The van der Waals surface area contributed by atoms with Crippen LogP contribution in [0.15, 0.2) is 12.1 Å². The molecule has 0 radical (unpaired) electrons. The third-order valence-electron chi connectivity index (χ3n) is 2.56. The van der Waals surface area contributed by atoms with Gasteiger partial charge in [-0.15, -0.1) is 0 Å². The molecule has 0 fully saturated rings. The summed E-state index contributed by atoms with van der Waals surface area (Å²) in [4.78, 5) is 6.18. The zero-order chi connectivity index (χ0) is 12.3. The number of aliphatic hydroxyl groups excluding tert-OH is 1. The molecule has 1 unspecified atom stereocenters. The van der Waals surface area contributed by atoms with E-state index in [0.29, 0.717) is 11.4 Å². The average Bonchev–Trinajstić information content (AvgIpc) is 2.26. The van der Waals surface area contributed by atoms with Gasteiger partial charge in [-0.3, -0.25) is 5.41 Å². The fourth-order valence-electron chi connectivity index (χ4n) is 1.35. The Hall–Kier alpha value is -1.62. The summed E-state index contributed by atoms with van der Waals surface area (Å²) < 4.78 is 0. The topological polar surface area (TPSA) is 86.2 Å². The first kappa shape index (κ1) is 12.4. The molecule has 1 rings (SSSR count). The van der Waals surface area contributed by atoms with Crippen molar-refractivity contribution in [1.82, 2.24) is 4.98 Å². The van der Waals surface area contributed by atoms with Gasteiger partial charge in [0.1, 0.15) is 11.7 Å². The number of aryl methyl sites for hydroxylation is 1. The highest BCUT2D eigenvalue weighted by molar-refractivity contribution is 5.99. The van der Waals surface area contributed by atoms with Crippen LogP contribution in [0.5, 0.6) is 0 Å². The van der Waals surface area contributed by atoms with Crippen molar-refractivity contribution in [3.8, 4) is 0 Å². The number of hydrogen-bond donors (Lipinski definition) is 3. The first-order chi connectivity index (χ1) is 7.47. The summed E-state index contributed by atoms with van der Waals surface area (Å²) in [5.74, 6) is 0.619. The third kappa shape index (κ3) is 2.49. The van der Waals surface area contributed by atoms with Crippen LogP contribution in [-0.2, 0) is 0 Å². The summed E-state index contributed by atoms with van der Waals surface area (Å²) in [6.07, 6.45) is 0. The number of nitrogens with zero attached hydrogens (tertiary/aromatic N) is 2. The molecule has 4 N–H and O–H groups in total. The molecule has 0 aliphatic rings. The van der Waals surface area contributed by atoms with Gasteiger partial charge in [0.25, 0.3) is 0 Å². The van der Waals surface area contributed by atoms with Gasteiger partial charge in [0, 0.05) is 12.7 Å². The highest BCUT2D eigenvalue weighted by Gasteiger charge is 2.15. The summed E-state index contributed by atoms with van der Waals surface area (Å²) in [6, 6.07) is 3.53. The van der Waals surface area contributed by atoms with Gasteiger partial charge in [0.05, 0.1) is 18.2 Å². The van der Waals surface area contributed by atoms with Gasteiger partial charge in [-0.2, -0.15) is 0 Å². The molecule has 0 saturated carbocycles. The van der Waals surface area contributed by atoms with Gasteiger partial charge in [0.15, 0.2) is 0 Å². The number of nitrogen functional groups attached to an aromatic ring is 1. The van der Waals surface area contributed by atoms with E-state index in [1.54, 1.807) is 6.07 Å². The number of amidine groups is 1. The number of aliphatic hydroxyl groups is 1. The van der Waals surface area contributed by atoms with Crippen molar-refractivity contribution in [3.63, 3.8) is 0 Å². The lowest BCUT2D eigenvalue weighted by Crippen LogP contribution is -2.34. The standard InChI is InChI=1S/C11H18N4O/c1-7-4-5-9(10(12)13)11(14-7)15(3)8(2)6-16/h4-5,8,16H,6H2,1-3H3,(H3,12,13). The van der Waals surface area contributed by atoms with Crippen LogP contribution in [0.25, 0.3) is 0 Å². The van der Waals surface area contributed by atoms with Crippen molar-refractivity contribution < 1.29 is 5.11 Å². The number of aromatic nitrogens is 1. The van der Waals surface area contributed by atoms with E-state index in [0.717, 1.165) is 5.69 Å². The van der Waals surface area contributed by atoms with E-state index < -0.39 is 0 Å². The molecule has 16 heavy (non-hydrogen) atoms. The molecule has 1 heterocycles. The van der Waals surface area contributed by atoms with Gasteiger partial charge >= 0.3 is 0 Å². The number of rotatable bonds is 4. The van der Waals surface area contributed by atoms with Gasteiger partial charge in [0.2, 0.25) is 0 Å². The van der Waals surface area contributed by atoms with Crippen molar-refractivity contribution in [1.29, 1.82) is 5.41 Å². The molecule has 1 atom stereocenters. The van der Waals surface area contributed by atoms with Gasteiger partial charge in [-0.05, 0) is 26.0 Å². The minimum atomic E-state index is -0.0626. The highest BCUT2D eigenvalue weighted by atomic mass is 16.3. The Bertz CT molecular complexity index is 392. The van der Waals surface area contributed by atoms with E-state index >= 15 is 0 Å². The van der Waals surface area contributed by atoms with E-state index in [1.807, 2.05) is 31.9 Å². The van der Waals surface area contributed by atoms with Crippen molar-refractivity contribution in [2.75, 3.05) is 18.6 Å². The normalized spacial score (nSPS) is 12.2. The summed E-state index contributed by atoms with van der Waals surface area (Å²) in [5, 5.41) is 16.6. The maximum absolute atomic E-state index is 9.11. The predicted octanol–water partition coefficient (Wildman–Crippen LogP) is 0.491. The van der Waals surface area contributed by atoms with Crippen LogP contribution in [0.4, 0.5) is 5.82 Å². The quantitative estimate of drug-likeness (QED) is 0.511. The van der Waals surface area contributed by atoms with Gasteiger partial charge in [-0.25, -0.2) is 4.98 Å². The Labute approximate surface area is 95.4 Å². The Kier molecular flexibility index (Phi) is 3.84. The van der Waals surface area contributed by atoms with E-state index in [1.165, 1.54) is 0 Å². The fourth-order valence-corrected chi connectivity index (χ4v) is 1.35. The Morgan fingerprint density at radius 2 is 2.25 bits per heavy atom. The minimum Gasteiger partial charge on any atom is -0.394 e. The minimum absolute atomic E-state index is 0.0144. The third-order valence-corrected chi connectivity index (χ3v) is 2.56. The smallest absolute Gasteiger partial charge is 0.139 e. The largest absolute Gasteiger partial charge is 0.394 e. The summed E-state index contributed by atoms with van der Waals surface area (Å²) >= 11 is 0. The van der Waals surface area contributed by atoms with E-state index in [-0.39, 0.29) is 18.5 Å². The summed E-state index contributed by atoms with van der Waals surface area (Å²) in [7, 11) is 1.83. The van der Waals surface area contributed by atoms with Crippen LogP contribution >= 0.6 is 0 Å². The number of nitrogens with one attached hydrogen (secondary N) is 1. The van der Waals surface area contributed by atoms with Crippen molar-refractivity contribution in [3.05, 3.63) is 23.4 Å². The molecule has 88 valence electrons. The Morgan fingerprint density at radius 3 is 2.75 bits per heavy atom. The molecule has 0 spiro atoms. The number of likely N-dealkylation sites (N-methyl/N-ethyl adjacent to an activating group) is 1. The Balaban J connectivity index is 3.19. The second-order valence-electron chi connectivity index (χ2n) is 3.88. The highest BCUT2D eigenvalue weighted by Crippen LogP contribution is 2.18. The molecule has 0 amide bonds. The summed E-state index contributed by atoms with van der Waals surface area (Å²) in [5.41, 5.74) is 6.95. The average molecular weight is 222 g/mol. The maximum atomic E-state index is 9.11. The molecule has 1 aromatic rings. The van der Waals surface area contributed by atoms with Crippen LogP contribution in [0, 0.1) is 12.3 Å². The first-order valence-corrected chi connectivity index (χ1v) is 5.13. The molecule has 0 aromatic carbocycles. The molecule has 0 aliphatic heterocycles. The van der Waals surface area contributed by atoms with Crippen LogP contribution in [0.2, 0.25) is 0 Å². The van der Waals surface area contributed by atoms with E-state index in [2.05, 4.69) is 4.98 Å². The maximum Gasteiger partial charge on any atom is 0.139 e. The molecule has 5 nitrogen and oxygen atoms in total. The first-order valence-electron chi connectivity index (χ1n) is 5.13. The molecule has 0 saturated heterocycles. The van der Waals surface area contributed by atoms with Crippen LogP contribution in [-0.4, -0.2) is 35.6 Å². The molecular formula is C11H18N4O. The molecule has 0 bridgehead atoms. The number of hydrogen-bond acceptors (Lipinski definition) is 4. The number of nitrogens with two attached hydrogens (primary N) is 1. The monoisotopic (exact) mass is 222 g/mol. The van der Waals surface area contributed by atoms with Gasteiger partial charge < -0.3 is 15.7 Å².